The van der Waals surface area contributed by atoms with Crippen LogP contribution in [0.2, 0.25) is 5.02 Å². The van der Waals surface area contributed by atoms with Crippen molar-refractivity contribution in [2.75, 3.05) is 6.54 Å². The van der Waals surface area contributed by atoms with Crippen molar-refractivity contribution >= 4 is 39.3 Å². The number of aromatic nitrogens is 3. The summed E-state index contributed by atoms with van der Waals surface area (Å²) in [6, 6.07) is 6.14. The lowest BCUT2D eigenvalue weighted by molar-refractivity contribution is -0.137. The highest BCUT2D eigenvalue weighted by Crippen LogP contribution is 2.37. The normalized spacial score (nSPS) is 20.3. The van der Waals surface area contributed by atoms with Crippen molar-refractivity contribution in [2.24, 2.45) is 0 Å². The summed E-state index contributed by atoms with van der Waals surface area (Å²) in [4.78, 5) is 34.9. The van der Waals surface area contributed by atoms with Crippen LogP contribution in [0.5, 0.6) is 0 Å². The zero-order chi connectivity index (χ0) is 27.5. The van der Waals surface area contributed by atoms with Crippen LogP contribution in [-0.2, 0) is 19.1 Å². The molecule has 3 atom stereocenters. The van der Waals surface area contributed by atoms with Gasteiger partial charge in [0.25, 0.3) is 11.8 Å². The Kier molecular flexibility index (Phi) is 6.79. The van der Waals surface area contributed by atoms with Crippen LogP contribution in [0.25, 0.3) is 0 Å². The summed E-state index contributed by atoms with van der Waals surface area (Å²) in [5.41, 5.74) is 1.31. The van der Waals surface area contributed by atoms with Gasteiger partial charge in [-0.1, -0.05) is 11.6 Å². The quantitative estimate of drug-likeness (QED) is 0.361. The molecule has 4 heterocycles. The maximum absolute atomic E-state index is 13.8. The number of pyridine rings is 1. The van der Waals surface area contributed by atoms with Gasteiger partial charge in [-0.3, -0.25) is 19.3 Å². The summed E-state index contributed by atoms with van der Waals surface area (Å²) in [5, 5.41) is 4.25. The molecular formula is C26H24BrClF3N5O2. The van der Waals surface area contributed by atoms with Gasteiger partial charge < -0.3 is 9.80 Å². The second-order valence-electron chi connectivity index (χ2n) is 9.78. The third kappa shape index (κ3) is 4.59. The lowest BCUT2D eigenvalue weighted by Gasteiger charge is -2.37. The molecule has 1 unspecified atom stereocenters. The van der Waals surface area contributed by atoms with Crippen molar-refractivity contribution in [3.63, 3.8) is 0 Å². The molecule has 2 amide bonds. The number of benzene rings is 1. The Morgan fingerprint density at radius 1 is 1.18 bits per heavy atom. The molecule has 200 valence electrons. The molecule has 0 saturated carbocycles. The Balaban J connectivity index is 1.47. The number of fused-ring (bicyclic) bond motifs is 3. The molecule has 3 aromatic rings. The largest absolute Gasteiger partial charge is 0.417 e. The molecule has 12 heteroatoms. The Labute approximate surface area is 230 Å². The number of hydrogen-bond donors (Lipinski definition) is 0. The fourth-order valence-electron chi connectivity index (χ4n) is 5.13. The van der Waals surface area contributed by atoms with E-state index in [1.54, 1.807) is 15.8 Å². The van der Waals surface area contributed by atoms with Crippen molar-refractivity contribution in [2.45, 2.75) is 58.0 Å². The van der Waals surface area contributed by atoms with Crippen LogP contribution in [0, 0.1) is 0 Å². The molecule has 38 heavy (non-hydrogen) atoms. The van der Waals surface area contributed by atoms with Crippen molar-refractivity contribution in [1.82, 2.24) is 24.6 Å². The molecule has 2 aliphatic heterocycles. The van der Waals surface area contributed by atoms with Gasteiger partial charge in [0.05, 0.1) is 40.6 Å². The first-order chi connectivity index (χ1) is 17.9. The lowest BCUT2D eigenvalue weighted by atomic mass is 9.96. The zero-order valence-electron chi connectivity index (χ0n) is 20.8. The van der Waals surface area contributed by atoms with Crippen molar-refractivity contribution < 1.29 is 22.8 Å². The number of nitrogens with zero attached hydrogens (tertiary/aromatic N) is 5. The van der Waals surface area contributed by atoms with E-state index >= 15 is 0 Å². The van der Waals surface area contributed by atoms with E-state index < -0.39 is 22.7 Å². The number of halogens is 5. The van der Waals surface area contributed by atoms with E-state index in [9.17, 15) is 22.8 Å². The summed E-state index contributed by atoms with van der Waals surface area (Å²) < 4.78 is 42.8. The summed E-state index contributed by atoms with van der Waals surface area (Å²) in [7, 11) is 0. The Morgan fingerprint density at radius 3 is 2.58 bits per heavy atom. The maximum Gasteiger partial charge on any atom is 0.417 e. The number of rotatable bonds is 3. The minimum atomic E-state index is -4.69. The number of carbonyl (C=O) groups excluding carboxylic acids is 2. The second-order valence-corrected chi connectivity index (χ2v) is 11.1. The van der Waals surface area contributed by atoms with Gasteiger partial charge in [0, 0.05) is 40.8 Å². The van der Waals surface area contributed by atoms with Crippen LogP contribution < -0.4 is 0 Å². The van der Waals surface area contributed by atoms with Gasteiger partial charge >= 0.3 is 6.18 Å². The molecule has 7 nitrogen and oxygen atoms in total. The minimum Gasteiger partial charge on any atom is -0.331 e. The average Bonchev–Trinajstić information content (AvgIpc) is 3.24. The summed E-state index contributed by atoms with van der Waals surface area (Å²) >= 11 is 9.12. The fourth-order valence-corrected chi connectivity index (χ4v) is 5.59. The lowest BCUT2D eigenvalue weighted by Crippen LogP contribution is -2.45. The van der Waals surface area contributed by atoms with Crippen LogP contribution in [0.1, 0.15) is 76.2 Å². The summed E-state index contributed by atoms with van der Waals surface area (Å²) in [6.45, 7) is 6.21. The van der Waals surface area contributed by atoms with Crippen LogP contribution in [0.15, 0.2) is 41.0 Å². The van der Waals surface area contributed by atoms with E-state index in [1.807, 2.05) is 32.9 Å². The van der Waals surface area contributed by atoms with Crippen LogP contribution in [-0.4, -0.2) is 49.0 Å². The molecule has 0 bridgehead atoms. The first-order valence-electron chi connectivity index (χ1n) is 12.1. The van der Waals surface area contributed by atoms with E-state index in [-0.39, 0.29) is 36.1 Å². The molecule has 0 fully saturated rings. The van der Waals surface area contributed by atoms with Crippen LogP contribution >= 0.6 is 27.5 Å². The molecule has 2 aliphatic rings. The van der Waals surface area contributed by atoms with Gasteiger partial charge in [0.1, 0.15) is 5.69 Å². The molecule has 5 rings (SSSR count). The molecule has 1 aromatic carbocycles. The highest BCUT2D eigenvalue weighted by Gasteiger charge is 2.41. The van der Waals surface area contributed by atoms with Gasteiger partial charge in [0.15, 0.2) is 0 Å². The Morgan fingerprint density at radius 2 is 1.92 bits per heavy atom. The van der Waals surface area contributed by atoms with E-state index in [1.165, 1.54) is 11.0 Å². The summed E-state index contributed by atoms with van der Waals surface area (Å²) in [6.07, 6.45) is -2.63. The van der Waals surface area contributed by atoms with Gasteiger partial charge in [0.2, 0.25) is 0 Å². The topological polar surface area (TPSA) is 71.3 Å². The number of hydrogen-bond acceptors (Lipinski definition) is 4. The number of amides is 2. The van der Waals surface area contributed by atoms with E-state index in [0.717, 1.165) is 28.0 Å². The highest BCUT2D eigenvalue weighted by atomic mass is 79.9. The third-order valence-electron chi connectivity index (χ3n) is 7.21. The first-order valence-corrected chi connectivity index (χ1v) is 13.2. The third-order valence-corrected chi connectivity index (χ3v) is 8.01. The smallest absolute Gasteiger partial charge is 0.331 e. The van der Waals surface area contributed by atoms with Crippen molar-refractivity contribution in [3.05, 3.63) is 79.8 Å². The maximum atomic E-state index is 13.8. The van der Waals surface area contributed by atoms with Crippen molar-refractivity contribution in [3.8, 4) is 0 Å². The van der Waals surface area contributed by atoms with E-state index in [2.05, 4.69) is 20.9 Å². The molecule has 0 N–H and O–H groups in total. The molecule has 0 saturated heterocycles. The Bertz CT molecular complexity index is 1430. The monoisotopic (exact) mass is 609 g/mol. The molecular weight excluding hydrogens is 587 g/mol. The molecule has 0 radical (unpaired) electrons. The summed E-state index contributed by atoms with van der Waals surface area (Å²) in [5.74, 6) is -0.785. The van der Waals surface area contributed by atoms with Crippen LogP contribution in [0.4, 0.5) is 13.2 Å². The van der Waals surface area contributed by atoms with Gasteiger partial charge in [-0.2, -0.15) is 18.3 Å². The first kappa shape index (κ1) is 26.7. The van der Waals surface area contributed by atoms with Crippen LogP contribution in [0.3, 0.4) is 0 Å². The predicted molar refractivity (Wildman–Crippen MR) is 138 cm³/mol. The molecule has 0 spiro atoms. The fraction of sp³-hybridized carbons (Fsp3) is 0.385. The number of carbonyl (C=O) groups is 2. The van der Waals surface area contributed by atoms with E-state index in [0.29, 0.717) is 24.2 Å². The second kappa shape index (κ2) is 9.68. The SMILES string of the molecule is CC(c1ccc(Br)cn1)N1C[C@@H](C)n2nc3c(c2C1=O)CN(C(=O)c1ccc(Cl)c(C(F)(F)F)c1)[C@H](C)C3. The highest BCUT2D eigenvalue weighted by molar-refractivity contribution is 9.10. The van der Waals surface area contributed by atoms with Gasteiger partial charge in [-0.15, -0.1) is 0 Å². The van der Waals surface area contributed by atoms with Gasteiger partial charge in [-0.05, 0) is 67.0 Å². The zero-order valence-corrected chi connectivity index (χ0v) is 23.1. The minimum absolute atomic E-state index is 0.0614. The molecule has 0 aliphatic carbocycles. The van der Waals surface area contributed by atoms with Crippen molar-refractivity contribution in [1.29, 1.82) is 0 Å². The number of alkyl halides is 3. The predicted octanol–water partition coefficient (Wildman–Crippen LogP) is 6.08. The Hall–Kier alpha value is -2.92. The average molecular weight is 611 g/mol. The van der Waals surface area contributed by atoms with E-state index in [4.69, 9.17) is 16.7 Å². The standard InChI is InChI=1S/C26H24BrClF3N5O2/c1-13-8-22-18(12-34(13)24(37)16-4-6-20(28)19(9-16)26(29,30)31)23-25(38)35(11-14(2)36(23)33-22)15(3)21-7-5-17(27)10-32-21/h4-7,9-10,13-15H,8,11-12H2,1-3H3/t13-,14-,15?/m1/s1. The molecule has 2 aromatic heterocycles. The van der Waals surface area contributed by atoms with Gasteiger partial charge in [-0.25, -0.2) is 0 Å².